The first kappa shape index (κ1) is 12.5. The summed E-state index contributed by atoms with van der Waals surface area (Å²) < 4.78 is 0. The molecular formula is C15H10ClNOS. The van der Waals surface area contributed by atoms with Crippen LogP contribution in [0.3, 0.4) is 0 Å². The number of pyridine rings is 1. The molecule has 1 aromatic carbocycles. The van der Waals surface area contributed by atoms with Crippen LogP contribution in [0.4, 0.5) is 0 Å². The van der Waals surface area contributed by atoms with E-state index in [2.05, 4.69) is 4.98 Å². The van der Waals surface area contributed by atoms with Crippen LogP contribution in [0.15, 0.2) is 53.2 Å². The highest BCUT2D eigenvalue weighted by Gasteiger charge is 2.22. The summed E-state index contributed by atoms with van der Waals surface area (Å²) in [5.74, 6) is 0.725. The van der Waals surface area contributed by atoms with Gasteiger partial charge in [0.2, 0.25) is 0 Å². The fourth-order valence-electron chi connectivity index (χ4n) is 1.93. The van der Waals surface area contributed by atoms with Crippen molar-refractivity contribution in [2.75, 3.05) is 5.75 Å². The van der Waals surface area contributed by atoms with Gasteiger partial charge in [-0.2, -0.15) is 0 Å². The van der Waals surface area contributed by atoms with Crippen molar-refractivity contribution in [3.63, 3.8) is 0 Å². The Kier molecular flexibility index (Phi) is 3.40. The van der Waals surface area contributed by atoms with Crippen LogP contribution in [0, 0.1) is 0 Å². The van der Waals surface area contributed by atoms with Crippen molar-refractivity contribution < 1.29 is 4.79 Å². The third kappa shape index (κ3) is 2.57. The highest BCUT2D eigenvalue weighted by Crippen LogP contribution is 2.31. The van der Waals surface area contributed by atoms with Gasteiger partial charge in [-0.1, -0.05) is 23.7 Å². The molecule has 0 fully saturated rings. The Morgan fingerprint density at radius 3 is 2.79 bits per heavy atom. The highest BCUT2D eigenvalue weighted by atomic mass is 35.5. The third-order valence-corrected chi connectivity index (χ3v) is 4.19. The molecule has 1 aromatic heterocycles. The van der Waals surface area contributed by atoms with Gasteiger partial charge in [-0.05, 0) is 35.9 Å². The van der Waals surface area contributed by atoms with Crippen molar-refractivity contribution in [2.45, 2.75) is 5.03 Å². The molecule has 19 heavy (non-hydrogen) atoms. The molecule has 2 heterocycles. The maximum absolute atomic E-state index is 12.3. The Morgan fingerprint density at radius 1 is 1.21 bits per heavy atom. The normalized spacial score (nSPS) is 16.5. The molecule has 0 saturated carbocycles. The maximum atomic E-state index is 12.3. The number of hydrogen-bond acceptors (Lipinski definition) is 3. The summed E-state index contributed by atoms with van der Waals surface area (Å²) >= 11 is 7.45. The minimum atomic E-state index is 0.0665. The van der Waals surface area contributed by atoms with Crippen LogP contribution >= 0.6 is 23.4 Å². The zero-order valence-corrected chi connectivity index (χ0v) is 11.5. The summed E-state index contributed by atoms with van der Waals surface area (Å²) in [5.41, 5.74) is 2.48. The molecule has 1 aliphatic heterocycles. The van der Waals surface area contributed by atoms with Gasteiger partial charge in [0, 0.05) is 22.5 Å². The first-order valence-corrected chi connectivity index (χ1v) is 7.19. The largest absolute Gasteiger partial charge is 0.289 e. The van der Waals surface area contributed by atoms with Crippen molar-refractivity contribution in [3.05, 3.63) is 64.3 Å². The lowest BCUT2D eigenvalue weighted by Crippen LogP contribution is -2.13. The van der Waals surface area contributed by atoms with Crippen molar-refractivity contribution in [1.82, 2.24) is 4.98 Å². The lowest BCUT2D eigenvalue weighted by molar-refractivity contribution is 0.103. The van der Waals surface area contributed by atoms with Gasteiger partial charge in [-0.15, -0.1) is 11.8 Å². The maximum Gasteiger partial charge on any atom is 0.192 e. The number of benzene rings is 1. The molecule has 0 atom stereocenters. The van der Waals surface area contributed by atoms with Crippen molar-refractivity contribution in [1.29, 1.82) is 0 Å². The molecule has 0 unspecified atom stereocenters. The zero-order valence-electron chi connectivity index (χ0n) is 9.97. The van der Waals surface area contributed by atoms with Gasteiger partial charge in [0.15, 0.2) is 5.78 Å². The summed E-state index contributed by atoms with van der Waals surface area (Å²) in [6.45, 7) is 0. The van der Waals surface area contributed by atoms with E-state index in [0.29, 0.717) is 16.3 Å². The van der Waals surface area contributed by atoms with Crippen LogP contribution in [0.5, 0.6) is 0 Å². The second kappa shape index (κ2) is 5.19. The molecule has 4 heteroatoms. The van der Waals surface area contributed by atoms with Crippen LogP contribution in [0.2, 0.25) is 5.02 Å². The molecule has 0 aliphatic carbocycles. The zero-order chi connectivity index (χ0) is 13.2. The lowest BCUT2D eigenvalue weighted by Gasteiger charge is -2.15. The number of halogens is 1. The highest BCUT2D eigenvalue weighted by molar-refractivity contribution is 7.99. The first-order chi connectivity index (χ1) is 9.24. The molecule has 94 valence electrons. The van der Waals surface area contributed by atoms with Gasteiger partial charge < -0.3 is 0 Å². The molecule has 0 bridgehead atoms. The van der Waals surface area contributed by atoms with E-state index in [0.717, 1.165) is 16.2 Å². The summed E-state index contributed by atoms with van der Waals surface area (Å²) in [4.78, 5) is 16.6. The van der Waals surface area contributed by atoms with Crippen LogP contribution < -0.4 is 0 Å². The molecule has 2 nitrogen and oxygen atoms in total. The smallest absolute Gasteiger partial charge is 0.192 e. The minimum absolute atomic E-state index is 0.0665. The van der Waals surface area contributed by atoms with Crippen LogP contribution in [0.25, 0.3) is 6.08 Å². The van der Waals surface area contributed by atoms with E-state index >= 15 is 0 Å². The average Bonchev–Trinajstić information content (AvgIpc) is 2.45. The number of nitrogens with zero attached hydrogens (tertiary/aromatic N) is 1. The van der Waals surface area contributed by atoms with E-state index in [9.17, 15) is 4.79 Å². The second-order valence-electron chi connectivity index (χ2n) is 4.20. The molecule has 0 N–H and O–H groups in total. The number of aromatic nitrogens is 1. The summed E-state index contributed by atoms with van der Waals surface area (Å²) in [5, 5.41) is 1.52. The van der Waals surface area contributed by atoms with Gasteiger partial charge in [-0.25, -0.2) is 4.98 Å². The summed E-state index contributed by atoms with van der Waals surface area (Å²) in [6, 6.07) is 11.1. The fraction of sp³-hybridized carbons (Fsp3) is 0.0667. The molecule has 0 radical (unpaired) electrons. The lowest BCUT2D eigenvalue weighted by atomic mass is 10.0. The van der Waals surface area contributed by atoms with Gasteiger partial charge in [0.25, 0.3) is 0 Å². The Labute approximate surface area is 120 Å². The van der Waals surface area contributed by atoms with Gasteiger partial charge in [0.05, 0.1) is 5.56 Å². The monoisotopic (exact) mass is 287 g/mol. The first-order valence-electron chi connectivity index (χ1n) is 5.83. The molecular weight excluding hydrogens is 278 g/mol. The van der Waals surface area contributed by atoms with Crippen LogP contribution in [0.1, 0.15) is 15.9 Å². The number of Topliss-reactive ketones (excluding diaryl/α,β-unsaturated/α-hetero) is 1. The Hall–Kier alpha value is -1.58. The van der Waals surface area contributed by atoms with E-state index in [4.69, 9.17) is 11.6 Å². The quantitative estimate of drug-likeness (QED) is 0.740. The van der Waals surface area contributed by atoms with E-state index in [1.54, 1.807) is 24.0 Å². The number of thioether (sulfide) groups is 1. The van der Waals surface area contributed by atoms with Crippen LogP contribution in [-0.4, -0.2) is 16.5 Å². The Bertz CT molecular complexity index is 664. The SMILES string of the molecule is O=C1/C(=C/c2ccc(Cl)cc2)CSc2ncccc21. The van der Waals surface area contributed by atoms with Crippen molar-refractivity contribution in [2.24, 2.45) is 0 Å². The number of carbonyl (C=O) groups is 1. The number of ketones is 1. The number of hydrogen-bond donors (Lipinski definition) is 0. The molecule has 0 saturated heterocycles. The van der Waals surface area contributed by atoms with Crippen molar-refractivity contribution >= 4 is 35.2 Å². The van der Waals surface area contributed by atoms with E-state index in [-0.39, 0.29) is 5.78 Å². The van der Waals surface area contributed by atoms with Gasteiger partial charge in [-0.3, -0.25) is 4.79 Å². The predicted octanol–water partition coefficient (Wildman–Crippen LogP) is 4.11. The van der Waals surface area contributed by atoms with Gasteiger partial charge >= 0.3 is 0 Å². The predicted molar refractivity (Wildman–Crippen MR) is 78.7 cm³/mol. The molecule has 0 spiro atoms. The van der Waals surface area contributed by atoms with E-state index in [1.165, 1.54) is 0 Å². The Morgan fingerprint density at radius 2 is 2.00 bits per heavy atom. The standard InChI is InChI=1S/C15H10ClNOS/c16-12-5-3-10(4-6-12)8-11-9-19-15-13(14(11)18)2-1-7-17-15/h1-8H,9H2/b11-8+. The van der Waals surface area contributed by atoms with Crippen molar-refractivity contribution in [3.8, 4) is 0 Å². The third-order valence-electron chi connectivity index (χ3n) is 2.88. The number of rotatable bonds is 1. The second-order valence-corrected chi connectivity index (χ2v) is 5.60. The van der Waals surface area contributed by atoms with E-state index in [1.807, 2.05) is 36.4 Å². The molecule has 0 amide bonds. The van der Waals surface area contributed by atoms with Gasteiger partial charge in [0.1, 0.15) is 5.03 Å². The fourth-order valence-corrected chi connectivity index (χ4v) is 3.01. The average molecular weight is 288 g/mol. The number of fused-ring (bicyclic) bond motifs is 1. The minimum Gasteiger partial charge on any atom is -0.289 e. The topological polar surface area (TPSA) is 30.0 Å². The molecule has 2 aromatic rings. The Balaban J connectivity index is 1.96. The number of carbonyl (C=O) groups excluding carboxylic acids is 1. The van der Waals surface area contributed by atoms with Crippen LogP contribution in [-0.2, 0) is 0 Å². The summed E-state index contributed by atoms with van der Waals surface area (Å²) in [6.07, 6.45) is 3.63. The van der Waals surface area contributed by atoms with E-state index < -0.39 is 0 Å². The molecule has 3 rings (SSSR count). The summed E-state index contributed by atoms with van der Waals surface area (Å²) in [7, 11) is 0. The molecule has 1 aliphatic rings.